The van der Waals surface area contributed by atoms with E-state index in [0.717, 1.165) is 17.7 Å². The number of rotatable bonds is 5. The van der Waals surface area contributed by atoms with Gasteiger partial charge in [0.15, 0.2) is 0 Å². The Morgan fingerprint density at radius 1 is 1.00 bits per heavy atom. The summed E-state index contributed by atoms with van der Waals surface area (Å²) in [7, 11) is -4.28. The van der Waals surface area contributed by atoms with Gasteiger partial charge in [0.2, 0.25) is 0 Å². The molecule has 4 nitrogen and oxygen atoms in total. The zero-order valence-corrected chi connectivity index (χ0v) is 19.9. The van der Waals surface area contributed by atoms with Gasteiger partial charge in [0.1, 0.15) is 4.75 Å². The second-order valence-electron chi connectivity index (χ2n) is 9.83. The van der Waals surface area contributed by atoms with Crippen LogP contribution in [-0.2, 0) is 10.1 Å². The predicted octanol–water partition coefficient (Wildman–Crippen LogP) is 5.24. The van der Waals surface area contributed by atoms with E-state index in [1.165, 1.54) is 6.92 Å². The minimum absolute atomic E-state index is 0.0394. The lowest BCUT2D eigenvalue weighted by atomic mass is 9.59. The van der Waals surface area contributed by atoms with Crippen molar-refractivity contribution < 1.29 is 13.0 Å². The first kappa shape index (κ1) is 23.8. The highest BCUT2D eigenvalue weighted by atomic mass is 32.2. The Morgan fingerprint density at radius 2 is 1.52 bits per heavy atom. The fraction of sp³-hybridized carbons (Fsp3) is 0.583. The summed E-state index contributed by atoms with van der Waals surface area (Å²) in [4.78, 5) is 0. The molecule has 0 aromatic carbocycles. The molecule has 0 radical (unpaired) electrons. The highest BCUT2D eigenvalue weighted by molar-refractivity contribution is 7.87. The van der Waals surface area contributed by atoms with Crippen LogP contribution in [0.1, 0.15) is 55.4 Å². The van der Waals surface area contributed by atoms with Gasteiger partial charge in [0.05, 0.1) is 5.54 Å². The fourth-order valence-electron chi connectivity index (χ4n) is 3.80. The van der Waals surface area contributed by atoms with Gasteiger partial charge in [-0.3, -0.25) is 4.55 Å². The van der Waals surface area contributed by atoms with Gasteiger partial charge >= 0.3 is 0 Å². The minimum atomic E-state index is -4.28. The quantitative estimate of drug-likeness (QED) is 0.472. The van der Waals surface area contributed by atoms with Crippen molar-refractivity contribution in [2.75, 3.05) is 6.54 Å². The zero-order valence-electron chi connectivity index (χ0n) is 19.1. The van der Waals surface area contributed by atoms with E-state index in [9.17, 15) is 13.0 Å². The van der Waals surface area contributed by atoms with Crippen LogP contribution in [0.5, 0.6) is 0 Å². The molecule has 0 bridgehead atoms. The van der Waals surface area contributed by atoms with E-state index < -0.39 is 14.9 Å². The summed E-state index contributed by atoms with van der Waals surface area (Å²) < 4.78 is 32.3. The Morgan fingerprint density at radius 3 is 1.97 bits per heavy atom. The molecular weight excluding hydrogens is 382 g/mol. The number of nitrogens with one attached hydrogen (secondary N) is 1. The largest absolute Gasteiger partial charge is 0.305 e. The van der Waals surface area contributed by atoms with Crippen molar-refractivity contribution >= 4 is 10.1 Å². The van der Waals surface area contributed by atoms with Crippen molar-refractivity contribution in [2.45, 2.75) is 65.7 Å². The summed E-state index contributed by atoms with van der Waals surface area (Å²) >= 11 is 0. The van der Waals surface area contributed by atoms with Gasteiger partial charge in [-0.25, -0.2) is 0 Å². The van der Waals surface area contributed by atoms with E-state index in [-0.39, 0.29) is 16.4 Å². The first-order chi connectivity index (χ1) is 13.1. The number of fused-ring (bicyclic) bond motifs is 1. The molecule has 3 unspecified atom stereocenters. The van der Waals surface area contributed by atoms with E-state index in [0.29, 0.717) is 5.92 Å². The minimum Gasteiger partial charge on any atom is -0.305 e. The van der Waals surface area contributed by atoms with Gasteiger partial charge in [-0.2, -0.15) is 8.42 Å². The molecule has 0 aromatic rings. The smallest absolute Gasteiger partial charge is 0.277 e. The molecule has 2 aliphatic carbocycles. The van der Waals surface area contributed by atoms with Crippen LogP contribution in [0.15, 0.2) is 59.8 Å². The van der Waals surface area contributed by atoms with Crippen LogP contribution in [0, 0.1) is 16.7 Å². The normalized spacial score (nSPS) is 37.6. The van der Waals surface area contributed by atoms with Crippen LogP contribution >= 0.6 is 0 Å². The standard InChI is InChI=1S/C24H37NO3S/c1-9-25-23(7)15-14-22(6,21(4,5)18(2)3)16-19-10-12-24(8,29(26,27)28)13-11-20(19)17-23/h10-18,25H,9H2,1-8H3,(H,26,27,28)/b15-14-,19-16-,20-17-. The maximum atomic E-state index is 12.0. The molecule has 162 valence electrons. The third-order valence-corrected chi connectivity index (χ3v) is 8.54. The summed E-state index contributed by atoms with van der Waals surface area (Å²) in [5.74, 6) is 0.430. The summed E-state index contributed by atoms with van der Waals surface area (Å²) in [5, 5.41) is 3.54. The number of likely N-dealkylation sites (N-methyl/N-ethyl adjacent to an activating group) is 1. The summed E-state index contributed by atoms with van der Waals surface area (Å²) in [5.41, 5.74) is 1.21. The molecule has 0 aliphatic heterocycles. The molecule has 2 N–H and O–H groups in total. The van der Waals surface area contributed by atoms with Crippen LogP contribution in [0.25, 0.3) is 0 Å². The Kier molecular flexibility index (Phi) is 6.31. The lowest BCUT2D eigenvalue weighted by molar-refractivity contribution is 0.124. The third-order valence-electron chi connectivity index (χ3n) is 7.15. The van der Waals surface area contributed by atoms with Gasteiger partial charge in [0.25, 0.3) is 10.1 Å². The van der Waals surface area contributed by atoms with E-state index >= 15 is 0 Å². The molecule has 0 amide bonds. The van der Waals surface area contributed by atoms with Crippen molar-refractivity contribution in [1.82, 2.24) is 5.32 Å². The molecule has 3 atom stereocenters. The molecular formula is C24H37NO3S. The molecule has 0 aromatic heterocycles. The molecule has 5 heteroatoms. The van der Waals surface area contributed by atoms with Gasteiger partial charge in [-0.1, -0.05) is 90.2 Å². The lowest BCUT2D eigenvalue weighted by Gasteiger charge is -2.45. The van der Waals surface area contributed by atoms with Crippen LogP contribution in [0.4, 0.5) is 0 Å². The Balaban J connectivity index is 2.81. The molecule has 0 saturated carbocycles. The second-order valence-corrected chi connectivity index (χ2v) is 11.7. The topological polar surface area (TPSA) is 66.4 Å². The zero-order chi connectivity index (χ0) is 22.3. The average Bonchev–Trinajstić information content (AvgIpc) is 2.73. The number of hydrogen-bond acceptors (Lipinski definition) is 3. The molecule has 0 spiro atoms. The van der Waals surface area contributed by atoms with E-state index in [2.05, 4.69) is 78.1 Å². The maximum absolute atomic E-state index is 12.0. The maximum Gasteiger partial charge on any atom is 0.277 e. The summed E-state index contributed by atoms with van der Waals surface area (Å²) in [6.45, 7) is 17.7. The van der Waals surface area contributed by atoms with Crippen molar-refractivity contribution in [3.8, 4) is 0 Å². The highest BCUT2D eigenvalue weighted by Crippen LogP contribution is 2.49. The first-order valence-corrected chi connectivity index (χ1v) is 11.8. The average molecular weight is 420 g/mol. The van der Waals surface area contributed by atoms with Crippen LogP contribution in [0.3, 0.4) is 0 Å². The number of hydrogen-bond donors (Lipinski definition) is 2. The lowest BCUT2D eigenvalue weighted by Crippen LogP contribution is -2.42. The SMILES string of the molecule is CCNC1(C)/C=C\C(C)(C(C)(C)C(C)C)/C=C2/C=CC(C)(S(=O)(=O)O)C=C/C2=C/1. The fourth-order valence-corrected chi connectivity index (χ4v) is 4.28. The molecule has 2 aliphatic rings. The van der Waals surface area contributed by atoms with Gasteiger partial charge in [-0.15, -0.1) is 0 Å². The van der Waals surface area contributed by atoms with E-state index in [1.54, 1.807) is 12.2 Å². The van der Waals surface area contributed by atoms with Crippen LogP contribution in [-0.4, -0.2) is 29.8 Å². The predicted molar refractivity (Wildman–Crippen MR) is 122 cm³/mol. The van der Waals surface area contributed by atoms with Crippen molar-refractivity contribution in [2.24, 2.45) is 16.7 Å². The monoisotopic (exact) mass is 419 g/mol. The van der Waals surface area contributed by atoms with Gasteiger partial charge in [-0.05, 0) is 42.9 Å². The Hall–Kier alpha value is -1.43. The second kappa shape index (κ2) is 7.68. The van der Waals surface area contributed by atoms with Crippen molar-refractivity contribution in [3.63, 3.8) is 0 Å². The van der Waals surface area contributed by atoms with Crippen LogP contribution < -0.4 is 5.32 Å². The third kappa shape index (κ3) is 4.52. The van der Waals surface area contributed by atoms with Crippen LogP contribution in [0.2, 0.25) is 0 Å². The molecule has 2 rings (SSSR count). The molecule has 0 fully saturated rings. The summed E-state index contributed by atoms with van der Waals surface area (Å²) in [6, 6.07) is 0. The number of allylic oxidation sites excluding steroid dienone is 6. The van der Waals surface area contributed by atoms with Gasteiger partial charge < -0.3 is 5.32 Å². The van der Waals surface area contributed by atoms with E-state index in [4.69, 9.17) is 0 Å². The van der Waals surface area contributed by atoms with Crippen molar-refractivity contribution in [1.29, 1.82) is 0 Å². The van der Waals surface area contributed by atoms with E-state index in [1.807, 2.05) is 12.2 Å². The highest BCUT2D eigenvalue weighted by Gasteiger charge is 2.42. The molecule has 0 saturated heterocycles. The molecule has 0 heterocycles. The summed E-state index contributed by atoms with van der Waals surface area (Å²) in [6.07, 6.45) is 15.6. The first-order valence-electron chi connectivity index (χ1n) is 10.4. The Labute approximate surface area is 177 Å². The van der Waals surface area contributed by atoms with Crippen molar-refractivity contribution in [3.05, 3.63) is 59.8 Å². The Bertz CT molecular complexity index is 904. The van der Waals surface area contributed by atoms with Gasteiger partial charge in [0, 0.05) is 5.41 Å². The molecule has 29 heavy (non-hydrogen) atoms.